The maximum Gasteiger partial charge on any atom is 0.0476 e. The lowest BCUT2D eigenvalue weighted by molar-refractivity contribution is 0.346. The van der Waals surface area contributed by atoms with Crippen LogP contribution in [0, 0.1) is 0 Å². The Morgan fingerprint density at radius 1 is 0.400 bits per heavy atom. The molecule has 0 amide bonds. The zero-order valence-electron chi connectivity index (χ0n) is 25.1. The van der Waals surface area contributed by atoms with Crippen LogP contribution in [0.4, 0.5) is 17.1 Å². The molecule has 218 valence electrons. The van der Waals surface area contributed by atoms with Gasteiger partial charge in [-0.05, 0) is 78.6 Å². The van der Waals surface area contributed by atoms with Crippen LogP contribution in [0.3, 0.4) is 0 Å². The summed E-state index contributed by atoms with van der Waals surface area (Å²) in [7, 11) is 0. The monoisotopic (exact) mass is 615 g/mol. The molecule has 1 saturated carbocycles. The third-order valence-corrected chi connectivity index (χ3v) is 12.2. The predicted molar refractivity (Wildman–Crippen MR) is 197 cm³/mol. The average molecular weight is 616 g/mol. The van der Waals surface area contributed by atoms with Gasteiger partial charge in [-0.1, -0.05) is 104 Å². The van der Waals surface area contributed by atoms with Crippen LogP contribution in [-0.4, -0.2) is 0 Å². The Morgan fingerprint density at radius 2 is 0.933 bits per heavy atom. The topological polar surface area (TPSA) is 3.24 Å². The maximum atomic E-state index is 2.45. The number of benzene rings is 6. The summed E-state index contributed by atoms with van der Waals surface area (Å²) in [5.74, 6) is 0. The van der Waals surface area contributed by atoms with Crippen molar-refractivity contribution < 1.29 is 0 Å². The van der Waals surface area contributed by atoms with Crippen LogP contribution < -0.4 is 4.90 Å². The molecule has 1 aliphatic rings. The Kier molecular flexibility index (Phi) is 6.50. The Bertz CT molecular complexity index is 2300. The first kappa shape index (κ1) is 26.9. The molecule has 45 heavy (non-hydrogen) atoms. The zero-order chi connectivity index (χ0) is 29.8. The number of hydrogen-bond acceptors (Lipinski definition) is 3. The van der Waals surface area contributed by atoms with Crippen molar-refractivity contribution in [2.75, 3.05) is 4.90 Å². The molecule has 0 atom stereocenters. The number of fused-ring (bicyclic) bond motifs is 6. The summed E-state index contributed by atoms with van der Waals surface area (Å²) in [6, 6.07) is 52.3. The van der Waals surface area contributed by atoms with Gasteiger partial charge in [-0.3, -0.25) is 0 Å². The van der Waals surface area contributed by atoms with Crippen LogP contribution in [0.2, 0.25) is 0 Å². The van der Waals surface area contributed by atoms with Crippen LogP contribution in [-0.2, 0) is 5.41 Å². The van der Waals surface area contributed by atoms with E-state index in [1.807, 2.05) is 22.7 Å². The lowest BCUT2D eigenvalue weighted by Gasteiger charge is -2.39. The standard InChI is InChI=1S/C42H33NS2/c1-3-11-29(12-4-1)42(25-9-2-10-26-42)30-17-19-31(20-18-30)43(32-22-24-40-37(27-32)35-14-6-8-16-39(35)44-40)33-21-23-36-34-13-5-7-15-38(34)45-41(36)28-33/h1,3-8,11-24,27-28H,2,9-10,25-26H2. The fourth-order valence-corrected chi connectivity index (χ4v) is 9.97. The molecule has 2 heterocycles. The van der Waals surface area contributed by atoms with Gasteiger partial charge in [0.1, 0.15) is 0 Å². The molecular formula is C42H33NS2. The molecule has 0 bridgehead atoms. The highest BCUT2D eigenvalue weighted by Gasteiger charge is 2.35. The van der Waals surface area contributed by atoms with Crippen LogP contribution in [0.15, 0.2) is 140 Å². The van der Waals surface area contributed by atoms with E-state index in [-0.39, 0.29) is 5.41 Å². The minimum atomic E-state index is 0.0906. The van der Waals surface area contributed by atoms with Crippen LogP contribution >= 0.6 is 22.7 Å². The van der Waals surface area contributed by atoms with Gasteiger partial charge in [-0.15, -0.1) is 22.7 Å². The number of rotatable bonds is 5. The molecule has 1 aliphatic carbocycles. The molecule has 6 aromatic carbocycles. The summed E-state index contributed by atoms with van der Waals surface area (Å²) in [5, 5.41) is 5.32. The molecule has 8 aromatic rings. The summed E-state index contributed by atoms with van der Waals surface area (Å²) in [6.45, 7) is 0. The summed E-state index contributed by atoms with van der Waals surface area (Å²) < 4.78 is 5.33. The van der Waals surface area contributed by atoms with E-state index in [1.54, 1.807) is 0 Å². The zero-order valence-corrected chi connectivity index (χ0v) is 26.7. The summed E-state index contributed by atoms with van der Waals surface area (Å²) in [6.07, 6.45) is 6.33. The lowest BCUT2D eigenvalue weighted by Crippen LogP contribution is -2.30. The molecule has 1 fully saturated rings. The Labute approximate surface area is 272 Å². The van der Waals surface area contributed by atoms with Gasteiger partial charge in [0.15, 0.2) is 0 Å². The van der Waals surface area contributed by atoms with Gasteiger partial charge in [0.05, 0.1) is 0 Å². The summed E-state index contributed by atoms with van der Waals surface area (Å²) >= 11 is 3.76. The fraction of sp³-hybridized carbons (Fsp3) is 0.143. The molecule has 1 nitrogen and oxygen atoms in total. The number of anilines is 3. The van der Waals surface area contributed by atoms with Crippen molar-refractivity contribution in [3.63, 3.8) is 0 Å². The van der Waals surface area contributed by atoms with Crippen LogP contribution in [0.1, 0.15) is 43.2 Å². The Morgan fingerprint density at radius 3 is 1.69 bits per heavy atom. The third kappa shape index (κ3) is 4.48. The molecule has 0 spiro atoms. The van der Waals surface area contributed by atoms with E-state index in [1.165, 1.54) is 101 Å². The first-order chi connectivity index (χ1) is 22.3. The third-order valence-electron chi connectivity index (χ3n) is 9.95. The van der Waals surface area contributed by atoms with E-state index < -0.39 is 0 Å². The number of nitrogens with zero attached hydrogens (tertiary/aromatic N) is 1. The van der Waals surface area contributed by atoms with Crippen molar-refractivity contribution in [2.45, 2.75) is 37.5 Å². The van der Waals surface area contributed by atoms with Crippen molar-refractivity contribution in [1.82, 2.24) is 0 Å². The molecule has 0 unspecified atom stereocenters. The highest BCUT2D eigenvalue weighted by molar-refractivity contribution is 7.26. The van der Waals surface area contributed by atoms with E-state index in [4.69, 9.17) is 0 Å². The van der Waals surface area contributed by atoms with Crippen LogP contribution in [0.25, 0.3) is 40.3 Å². The molecule has 2 aromatic heterocycles. The average Bonchev–Trinajstić information content (AvgIpc) is 3.67. The van der Waals surface area contributed by atoms with Gasteiger partial charge in [0, 0.05) is 62.8 Å². The van der Waals surface area contributed by atoms with E-state index in [0.29, 0.717) is 0 Å². The SMILES string of the molecule is c1ccc(C2(c3ccc(N(c4ccc5c(c4)sc4ccccc45)c4ccc5sc6ccccc6c5c4)cc3)CCCCC2)cc1. The Hall–Kier alpha value is -4.44. The van der Waals surface area contributed by atoms with Crippen molar-refractivity contribution in [1.29, 1.82) is 0 Å². The van der Waals surface area contributed by atoms with Crippen molar-refractivity contribution in [3.8, 4) is 0 Å². The second-order valence-electron chi connectivity index (χ2n) is 12.4. The summed E-state index contributed by atoms with van der Waals surface area (Å²) in [5.41, 5.74) is 6.56. The molecule has 0 N–H and O–H groups in total. The second-order valence-corrected chi connectivity index (χ2v) is 14.6. The largest absolute Gasteiger partial charge is 0.310 e. The van der Waals surface area contributed by atoms with E-state index >= 15 is 0 Å². The minimum absolute atomic E-state index is 0.0906. The first-order valence-electron chi connectivity index (χ1n) is 16.1. The van der Waals surface area contributed by atoms with Crippen molar-refractivity contribution in [3.05, 3.63) is 151 Å². The highest BCUT2D eigenvalue weighted by atomic mass is 32.1. The first-order valence-corrected chi connectivity index (χ1v) is 17.7. The maximum absolute atomic E-state index is 2.45. The molecular weight excluding hydrogens is 583 g/mol. The Balaban J connectivity index is 1.21. The van der Waals surface area contributed by atoms with Crippen molar-refractivity contribution in [2.24, 2.45) is 0 Å². The van der Waals surface area contributed by atoms with Crippen LogP contribution in [0.5, 0.6) is 0 Å². The number of hydrogen-bond donors (Lipinski definition) is 0. The van der Waals surface area contributed by atoms with Gasteiger partial charge in [0.2, 0.25) is 0 Å². The number of thiophene rings is 2. The molecule has 3 heteroatoms. The summed E-state index contributed by atoms with van der Waals surface area (Å²) in [4.78, 5) is 2.45. The smallest absolute Gasteiger partial charge is 0.0476 e. The predicted octanol–water partition coefficient (Wildman–Crippen LogP) is 13.1. The van der Waals surface area contributed by atoms with E-state index in [2.05, 4.69) is 144 Å². The van der Waals surface area contributed by atoms with Gasteiger partial charge in [-0.25, -0.2) is 0 Å². The fourth-order valence-electron chi connectivity index (χ4n) is 7.74. The van der Waals surface area contributed by atoms with Gasteiger partial charge < -0.3 is 4.90 Å². The highest BCUT2D eigenvalue weighted by Crippen LogP contribution is 2.47. The van der Waals surface area contributed by atoms with Gasteiger partial charge in [0.25, 0.3) is 0 Å². The molecule has 0 aliphatic heterocycles. The van der Waals surface area contributed by atoms with Crippen molar-refractivity contribution >= 4 is 80.1 Å². The normalized spacial score (nSPS) is 14.8. The minimum Gasteiger partial charge on any atom is -0.310 e. The molecule has 0 radical (unpaired) electrons. The molecule has 0 saturated heterocycles. The van der Waals surface area contributed by atoms with E-state index in [9.17, 15) is 0 Å². The lowest BCUT2D eigenvalue weighted by atomic mass is 9.65. The van der Waals surface area contributed by atoms with Gasteiger partial charge in [-0.2, -0.15) is 0 Å². The van der Waals surface area contributed by atoms with Gasteiger partial charge >= 0.3 is 0 Å². The molecule has 9 rings (SSSR count). The quantitative estimate of drug-likeness (QED) is 0.186. The van der Waals surface area contributed by atoms with E-state index in [0.717, 1.165) is 0 Å². The second kappa shape index (κ2) is 10.9.